The number of carbonyl (C=O) groups excluding carboxylic acids is 1. The summed E-state index contributed by atoms with van der Waals surface area (Å²) in [7, 11) is 0. The number of benzene rings is 1. The zero-order valence-corrected chi connectivity index (χ0v) is 15.7. The summed E-state index contributed by atoms with van der Waals surface area (Å²) in [5.41, 5.74) is 0.0117. The molecule has 0 N–H and O–H groups in total. The van der Waals surface area contributed by atoms with Gasteiger partial charge in [0.2, 0.25) is 12.1 Å². The fourth-order valence-corrected chi connectivity index (χ4v) is 5.76. The van der Waals surface area contributed by atoms with Crippen LogP contribution in [0.25, 0.3) is 0 Å². The first-order chi connectivity index (χ1) is 12.9. The van der Waals surface area contributed by atoms with Gasteiger partial charge in [-0.25, -0.2) is 14.2 Å². The highest BCUT2D eigenvalue weighted by Crippen LogP contribution is 2.60. The lowest BCUT2D eigenvalue weighted by Gasteiger charge is -2.58. The maximum absolute atomic E-state index is 13.7. The zero-order chi connectivity index (χ0) is 18.8. The molecular formula is C21H25FO5. The van der Waals surface area contributed by atoms with E-state index in [1.807, 2.05) is 13.0 Å². The van der Waals surface area contributed by atoms with Crippen molar-refractivity contribution in [2.45, 2.75) is 63.6 Å². The van der Waals surface area contributed by atoms with Gasteiger partial charge in [0.15, 0.2) is 5.60 Å². The number of rotatable bonds is 2. The van der Waals surface area contributed by atoms with Crippen LogP contribution in [0.5, 0.6) is 0 Å². The zero-order valence-electron chi connectivity index (χ0n) is 15.7. The van der Waals surface area contributed by atoms with Crippen LogP contribution in [0.4, 0.5) is 4.39 Å². The van der Waals surface area contributed by atoms with Crippen LogP contribution in [-0.4, -0.2) is 23.6 Å². The van der Waals surface area contributed by atoms with Crippen molar-refractivity contribution in [2.75, 3.05) is 0 Å². The third-order valence-electron chi connectivity index (χ3n) is 7.13. The number of carbonyl (C=O) groups is 1. The summed E-state index contributed by atoms with van der Waals surface area (Å²) < 4.78 is 25.6. The minimum Gasteiger partial charge on any atom is -0.432 e. The van der Waals surface area contributed by atoms with E-state index in [1.54, 1.807) is 6.07 Å². The Hall–Kier alpha value is -1.50. The topological polar surface area (TPSA) is 54.0 Å². The van der Waals surface area contributed by atoms with Crippen LogP contribution in [0.1, 0.15) is 45.1 Å². The number of hydrogen-bond donors (Lipinski definition) is 0. The number of esters is 1. The van der Waals surface area contributed by atoms with Crippen LogP contribution in [0.3, 0.4) is 0 Å². The molecule has 5 nitrogen and oxygen atoms in total. The average molecular weight is 376 g/mol. The molecule has 0 unspecified atom stereocenters. The molecule has 0 aromatic heterocycles. The van der Waals surface area contributed by atoms with Crippen molar-refractivity contribution in [2.24, 2.45) is 23.7 Å². The summed E-state index contributed by atoms with van der Waals surface area (Å²) in [5, 5.41) is 0. The second-order valence-electron chi connectivity index (χ2n) is 8.79. The van der Waals surface area contributed by atoms with Crippen LogP contribution in [0.15, 0.2) is 24.3 Å². The molecule has 146 valence electrons. The van der Waals surface area contributed by atoms with Crippen molar-refractivity contribution < 1.29 is 28.4 Å². The van der Waals surface area contributed by atoms with E-state index in [4.69, 9.17) is 19.2 Å². The van der Waals surface area contributed by atoms with E-state index in [-0.39, 0.29) is 23.6 Å². The molecule has 1 spiro atoms. The molecule has 1 aromatic rings. The molecule has 1 aliphatic carbocycles. The second-order valence-corrected chi connectivity index (χ2v) is 8.79. The Morgan fingerprint density at radius 2 is 2.04 bits per heavy atom. The number of fused-ring (bicyclic) bond motifs is 2. The second kappa shape index (κ2) is 6.00. The molecule has 27 heavy (non-hydrogen) atoms. The van der Waals surface area contributed by atoms with Crippen molar-refractivity contribution in [1.82, 2.24) is 0 Å². The minimum atomic E-state index is -0.882. The Bertz CT molecular complexity index is 769. The molecule has 0 amide bonds. The largest absolute Gasteiger partial charge is 0.432 e. The molecule has 0 radical (unpaired) electrons. The standard InChI is InChI=1S/C21H25FO5/c1-12-6-7-17-15(11-13-4-3-5-14(22)10-13)18(23)24-19-21(17)16(12)8-9-20(2,25-19)26-27-21/h3-5,10,12,15-17,19H,6-9,11H2,1-2H3/t12-,15+,16+,17+,19-,20+,21-/m1/s1. The van der Waals surface area contributed by atoms with Crippen LogP contribution in [0.2, 0.25) is 0 Å². The van der Waals surface area contributed by atoms with Crippen LogP contribution in [0, 0.1) is 29.5 Å². The summed E-state index contributed by atoms with van der Waals surface area (Å²) in [6.45, 7) is 4.07. The first-order valence-electron chi connectivity index (χ1n) is 9.91. The molecule has 4 saturated heterocycles. The molecule has 4 heterocycles. The average Bonchev–Trinajstić information content (AvgIpc) is 2.85. The summed E-state index contributed by atoms with van der Waals surface area (Å²) in [5.74, 6) is -1.30. The molecule has 5 fully saturated rings. The van der Waals surface area contributed by atoms with E-state index < -0.39 is 23.6 Å². The van der Waals surface area contributed by atoms with Crippen LogP contribution >= 0.6 is 0 Å². The van der Waals surface area contributed by atoms with Gasteiger partial charge < -0.3 is 9.47 Å². The minimum absolute atomic E-state index is 0.0733. The van der Waals surface area contributed by atoms with Gasteiger partial charge in [0.05, 0.1) is 5.92 Å². The highest BCUT2D eigenvalue weighted by Gasteiger charge is 2.70. The van der Waals surface area contributed by atoms with Gasteiger partial charge in [-0.1, -0.05) is 19.1 Å². The van der Waals surface area contributed by atoms with Gasteiger partial charge in [0.1, 0.15) is 5.82 Å². The molecule has 6 heteroatoms. The summed E-state index contributed by atoms with van der Waals surface area (Å²) in [6.07, 6.45) is 3.17. The molecule has 1 aromatic carbocycles. The lowest BCUT2D eigenvalue weighted by Crippen LogP contribution is -2.70. The van der Waals surface area contributed by atoms with E-state index in [0.29, 0.717) is 18.8 Å². The van der Waals surface area contributed by atoms with Crippen molar-refractivity contribution in [1.29, 1.82) is 0 Å². The monoisotopic (exact) mass is 376 g/mol. The SMILES string of the molecule is C[C@@H]1CC[C@H]2[C@H](Cc3cccc(F)c3)C(=O)O[C@@H]3O[C@]4(C)CC[C@@H]1[C@]32OO4. The highest BCUT2D eigenvalue weighted by molar-refractivity contribution is 5.75. The Morgan fingerprint density at radius 3 is 2.85 bits per heavy atom. The maximum atomic E-state index is 13.7. The van der Waals surface area contributed by atoms with E-state index >= 15 is 0 Å². The van der Waals surface area contributed by atoms with Gasteiger partial charge >= 0.3 is 5.97 Å². The molecule has 5 aliphatic rings. The van der Waals surface area contributed by atoms with Gasteiger partial charge in [0.25, 0.3) is 0 Å². The Labute approximate surface area is 158 Å². The first kappa shape index (κ1) is 17.6. The van der Waals surface area contributed by atoms with Crippen molar-refractivity contribution in [3.05, 3.63) is 35.6 Å². The molecule has 4 aliphatic heterocycles. The fourth-order valence-electron chi connectivity index (χ4n) is 5.76. The highest BCUT2D eigenvalue weighted by atomic mass is 19.1. The van der Waals surface area contributed by atoms with E-state index in [0.717, 1.165) is 24.8 Å². The Balaban J connectivity index is 1.54. The Morgan fingerprint density at radius 1 is 1.19 bits per heavy atom. The lowest BCUT2D eigenvalue weighted by molar-refractivity contribution is -0.559. The quantitative estimate of drug-likeness (QED) is 0.581. The smallest absolute Gasteiger partial charge is 0.312 e. The molecule has 1 saturated carbocycles. The predicted octanol–water partition coefficient (Wildman–Crippen LogP) is 3.76. The Kier molecular flexibility index (Phi) is 3.91. The van der Waals surface area contributed by atoms with Crippen molar-refractivity contribution >= 4 is 5.97 Å². The van der Waals surface area contributed by atoms with Crippen molar-refractivity contribution in [3.63, 3.8) is 0 Å². The number of ether oxygens (including phenoxy) is 2. The lowest BCUT2D eigenvalue weighted by atomic mass is 9.57. The van der Waals surface area contributed by atoms with E-state index in [2.05, 4.69) is 6.92 Å². The first-order valence-corrected chi connectivity index (χ1v) is 9.91. The molecule has 2 bridgehead atoms. The van der Waals surface area contributed by atoms with Gasteiger partial charge in [0, 0.05) is 18.3 Å². The third kappa shape index (κ3) is 2.57. The van der Waals surface area contributed by atoms with Gasteiger partial charge in [-0.3, -0.25) is 4.79 Å². The van der Waals surface area contributed by atoms with Crippen molar-refractivity contribution in [3.8, 4) is 0 Å². The van der Waals surface area contributed by atoms with Gasteiger partial charge in [-0.2, -0.15) is 0 Å². The van der Waals surface area contributed by atoms with E-state index in [9.17, 15) is 9.18 Å². The van der Waals surface area contributed by atoms with Crippen LogP contribution < -0.4 is 0 Å². The fraction of sp³-hybridized carbons (Fsp3) is 0.667. The predicted molar refractivity (Wildman–Crippen MR) is 92.5 cm³/mol. The molecule has 7 atom stereocenters. The van der Waals surface area contributed by atoms with E-state index in [1.165, 1.54) is 12.1 Å². The number of hydrogen-bond acceptors (Lipinski definition) is 5. The third-order valence-corrected chi connectivity index (χ3v) is 7.13. The summed E-state index contributed by atoms with van der Waals surface area (Å²) in [6, 6.07) is 6.42. The molecular weight excluding hydrogens is 351 g/mol. The van der Waals surface area contributed by atoms with Gasteiger partial charge in [-0.05, 0) is 56.2 Å². The summed E-state index contributed by atoms with van der Waals surface area (Å²) in [4.78, 5) is 24.7. The van der Waals surface area contributed by atoms with Crippen LogP contribution in [-0.2, 0) is 30.5 Å². The maximum Gasteiger partial charge on any atom is 0.312 e. The normalized spacial score (nSPS) is 45.7. The number of halogens is 1. The summed E-state index contributed by atoms with van der Waals surface area (Å²) >= 11 is 0. The van der Waals surface area contributed by atoms with Gasteiger partial charge in [-0.15, -0.1) is 0 Å². The molecule has 6 rings (SSSR count).